The summed E-state index contributed by atoms with van der Waals surface area (Å²) in [5, 5.41) is 19.5. The lowest BCUT2D eigenvalue weighted by atomic mass is 9.93. The summed E-state index contributed by atoms with van der Waals surface area (Å²) in [6.45, 7) is 4.57. The SMILES string of the molecule is NCCOCCOCCNC(=O)c1cccc(Nc2nc(NC3CCC(O)CC3)nc(N3CCCCC3)n2)c1. The molecule has 2 fully saturated rings. The van der Waals surface area contributed by atoms with Gasteiger partial charge in [-0.2, -0.15) is 15.0 Å². The van der Waals surface area contributed by atoms with Crippen molar-refractivity contribution in [1.82, 2.24) is 20.3 Å². The van der Waals surface area contributed by atoms with Gasteiger partial charge < -0.3 is 41.2 Å². The number of hydrogen-bond donors (Lipinski definition) is 5. The molecule has 0 spiro atoms. The molecule has 2 aromatic rings. The van der Waals surface area contributed by atoms with Crippen LogP contribution >= 0.6 is 0 Å². The largest absolute Gasteiger partial charge is 0.393 e. The second-order valence-corrected chi connectivity index (χ2v) is 9.96. The molecule has 0 radical (unpaired) electrons. The van der Waals surface area contributed by atoms with Crippen LogP contribution in [0.5, 0.6) is 0 Å². The standard InChI is InChI=1S/C27H42N8O4/c28-11-15-38-17-18-39-16-12-29-24(37)20-5-4-6-22(19-20)31-26-32-25(30-21-7-9-23(36)10-8-21)33-27(34-26)35-13-2-1-3-14-35/h4-6,19,21,23,36H,1-3,7-18,28H2,(H,29,37)(H2,30,31,32,33,34). The number of nitrogens with two attached hydrogens (primary N) is 1. The van der Waals surface area contributed by atoms with E-state index in [1.807, 2.05) is 12.1 Å². The minimum Gasteiger partial charge on any atom is -0.393 e. The molecule has 1 saturated carbocycles. The van der Waals surface area contributed by atoms with Crippen LogP contribution in [0, 0.1) is 0 Å². The summed E-state index contributed by atoms with van der Waals surface area (Å²) in [5.41, 5.74) is 6.61. The van der Waals surface area contributed by atoms with E-state index in [0.717, 1.165) is 51.6 Å². The summed E-state index contributed by atoms with van der Waals surface area (Å²) < 4.78 is 10.7. The normalized spacial score (nSPS) is 19.5. The van der Waals surface area contributed by atoms with Crippen LogP contribution in [0.3, 0.4) is 0 Å². The number of rotatable bonds is 14. The molecule has 39 heavy (non-hydrogen) atoms. The number of anilines is 4. The monoisotopic (exact) mass is 542 g/mol. The summed E-state index contributed by atoms with van der Waals surface area (Å²) in [4.78, 5) is 28.9. The van der Waals surface area contributed by atoms with Gasteiger partial charge in [0, 0.05) is 43.5 Å². The maximum absolute atomic E-state index is 12.7. The molecule has 1 aromatic carbocycles. The highest BCUT2D eigenvalue weighted by atomic mass is 16.5. The summed E-state index contributed by atoms with van der Waals surface area (Å²) in [6.07, 6.45) is 6.52. The minimum atomic E-state index is -0.222. The van der Waals surface area contributed by atoms with Crippen LogP contribution in [0.15, 0.2) is 24.3 Å². The first kappa shape index (κ1) is 28.9. The van der Waals surface area contributed by atoms with E-state index in [4.69, 9.17) is 25.2 Å². The number of piperidine rings is 1. The van der Waals surface area contributed by atoms with Gasteiger partial charge in [-0.25, -0.2) is 0 Å². The predicted octanol–water partition coefficient (Wildman–Crippen LogP) is 2.04. The number of carbonyl (C=O) groups excluding carboxylic acids is 1. The molecule has 214 valence electrons. The summed E-state index contributed by atoms with van der Waals surface area (Å²) in [6, 6.07) is 7.45. The van der Waals surface area contributed by atoms with Crippen molar-refractivity contribution in [2.45, 2.75) is 57.1 Å². The van der Waals surface area contributed by atoms with Crippen molar-refractivity contribution < 1.29 is 19.4 Å². The van der Waals surface area contributed by atoms with Crippen LogP contribution in [0.1, 0.15) is 55.3 Å². The molecule has 2 aliphatic rings. The van der Waals surface area contributed by atoms with Crippen molar-refractivity contribution in [2.24, 2.45) is 5.73 Å². The Bertz CT molecular complexity index is 1030. The second-order valence-electron chi connectivity index (χ2n) is 9.96. The molecule has 1 saturated heterocycles. The molecular weight excluding hydrogens is 500 g/mol. The predicted molar refractivity (Wildman–Crippen MR) is 151 cm³/mol. The Hall–Kier alpha value is -3.06. The third-order valence-corrected chi connectivity index (χ3v) is 6.84. The third-order valence-electron chi connectivity index (χ3n) is 6.84. The lowest BCUT2D eigenvalue weighted by Crippen LogP contribution is -2.32. The van der Waals surface area contributed by atoms with Gasteiger partial charge >= 0.3 is 0 Å². The van der Waals surface area contributed by atoms with E-state index in [9.17, 15) is 9.90 Å². The van der Waals surface area contributed by atoms with Crippen molar-refractivity contribution >= 4 is 29.4 Å². The van der Waals surface area contributed by atoms with Crippen molar-refractivity contribution in [3.63, 3.8) is 0 Å². The first-order valence-corrected chi connectivity index (χ1v) is 14.1. The number of aliphatic hydroxyl groups excluding tert-OH is 1. The van der Waals surface area contributed by atoms with Crippen molar-refractivity contribution in [2.75, 3.05) is 68.1 Å². The number of hydrogen-bond acceptors (Lipinski definition) is 11. The lowest BCUT2D eigenvalue weighted by Gasteiger charge is -2.28. The fourth-order valence-electron chi connectivity index (χ4n) is 4.73. The van der Waals surface area contributed by atoms with Crippen LogP contribution < -0.4 is 26.6 Å². The average molecular weight is 543 g/mol. The number of nitrogens with zero attached hydrogens (tertiary/aromatic N) is 4. The van der Waals surface area contributed by atoms with Crippen molar-refractivity contribution in [1.29, 1.82) is 0 Å². The minimum absolute atomic E-state index is 0.187. The number of ether oxygens (including phenoxy) is 2. The highest BCUT2D eigenvalue weighted by Gasteiger charge is 2.22. The number of carbonyl (C=O) groups is 1. The van der Waals surface area contributed by atoms with Gasteiger partial charge in [0.1, 0.15) is 0 Å². The number of amides is 1. The Labute approximate surface area is 230 Å². The quantitative estimate of drug-likeness (QED) is 0.222. The first-order chi connectivity index (χ1) is 19.1. The summed E-state index contributed by atoms with van der Waals surface area (Å²) in [5.74, 6) is 1.41. The average Bonchev–Trinajstić information content (AvgIpc) is 2.96. The smallest absolute Gasteiger partial charge is 0.251 e. The van der Waals surface area contributed by atoms with Crippen LogP contribution in [0.4, 0.5) is 23.5 Å². The molecule has 1 aromatic heterocycles. The van der Waals surface area contributed by atoms with Gasteiger partial charge in [0.05, 0.1) is 32.5 Å². The fourth-order valence-corrected chi connectivity index (χ4v) is 4.73. The molecule has 0 atom stereocenters. The molecule has 1 aliphatic carbocycles. The van der Waals surface area contributed by atoms with Crippen molar-refractivity contribution in [3.8, 4) is 0 Å². The molecule has 0 bridgehead atoms. The van der Waals surface area contributed by atoms with Crippen LogP contribution in [-0.4, -0.2) is 90.7 Å². The molecule has 12 heteroatoms. The molecular formula is C27H42N8O4. The van der Waals surface area contributed by atoms with E-state index in [-0.39, 0.29) is 18.1 Å². The van der Waals surface area contributed by atoms with Gasteiger partial charge in [-0.1, -0.05) is 6.07 Å². The molecule has 4 rings (SSSR count). The van der Waals surface area contributed by atoms with Gasteiger partial charge in [0.2, 0.25) is 17.8 Å². The third kappa shape index (κ3) is 9.57. The van der Waals surface area contributed by atoms with E-state index >= 15 is 0 Å². The maximum atomic E-state index is 12.7. The highest BCUT2D eigenvalue weighted by molar-refractivity contribution is 5.95. The van der Waals surface area contributed by atoms with E-state index < -0.39 is 0 Å². The zero-order chi connectivity index (χ0) is 27.3. The molecule has 1 aliphatic heterocycles. The zero-order valence-electron chi connectivity index (χ0n) is 22.6. The van der Waals surface area contributed by atoms with E-state index in [0.29, 0.717) is 68.6 Å². The van der Waals surface area contributed by atoms with Gasteiger partial charge in [0.15, 0.2) is 0 Å². The maximum Gasteiger partial charge on any atom is 0.251 e. The number of nitrogens with one attached hydrogen (secondary N) is 3. The van der Waals surface area contributed by atoms with Gasteiger partial charge in [-0.05, 0) is 63.1 Å². The van der Waals surface area contributed by atoms with Crippen LogP contribution in [0.25, 0.3) is 0 Å². The molecule has 12 nitrogen and oxygen atoms in total. The van der Waals surface area contributed by atoms with E-state index in [2.05, 4.69) is 25.8 Å². The highest BCUT2D eigenvalue weighted by Crippen LogP contribution is 2.24. The van der Waals surface area contributed by atoms with E-state index in [1.54, 1.807) is 12.1 Å². The number of aromatic nitrogens is 3. The van der Waals surface area contributed by atoms with Gasteiger partial charge in [-0.15, -0.1) is 0 Å². The fraction of sp³-hybridized carbons (Fsp3) is 0.630. The number of benzene rings is 1. The summed E-state index contributed by atoms with van der Waals surface area (Å²) >= 11 is 0. The number of aliphatic hydroxyl groups is 1. The Morgan fingerprint density at radius 3 is 2.49 bits per heavy atom. The van der Waals surface area contributed by atoms with Crippen molar-refractivity contribution in [3.05, 3.63) is 29.8 Å². The topological polar surface area (TPSA) is 160 Å². The Morgan fingerprint density at radius 2 is 1.72 bits per heavy atom. The lowest BCUT2D eigenvalue weighted by molar-refractivity contribution is 0.0511. The summed E-state index contributed by atoms with van der Waals surface area (Å²) in [7, 11) is 0. The van der Waals surface area contributed by atoms with Crippen LogP contribution in [0.2, 0.25) is 0 Å². The van der Waals surface area contributed by atoms with Gasteiger partial charge in [0.25, 0.3) is 5.91 Å². The van der Waals surface area contributed by atoms with Gasteiger partial charge in [-0.3, -0.25) is 4.79 Å². The van der Waals surface area contributed by atoms with Crippen LogP contribution in [-0.2, 0) is 9.47 Å². The molecule has 6 N–H and O–H groups in total. The Kier molecular flexibility index (Phi) is 11.5. The first-order valence-electron chi connectivity index (χ1n) is 14.1. The Balaban J connectivity index is 1.37. The molecule has 0 unspecified atom stereocenters. The molecule has 2 heterocycles. The molecule has 1 amide bonds. The second kappa shape index (κ2) is 15.5. The zero-order valence-corrected chi connectivity index (χ0v) is 22.6. The Morgan fingerprint density at radius 1 is 0.974 bits per heavy atom. The van der Waals surface area contributed by atoms with E-state index in [1.165, 1.54) is 6.42 Å².